The second-order valence-electron chi connectivity index (χ2n) is 3.84. The first-order valence-electron chi connectivity index (χ1n) is 4.97. The molecule has 1 unspecified atom stereocenters. The van der Waals surface area contributed by atoms with Crippen LogP contribution < -0.4 is 0 Å². The summed E-state index contributed by atoms with van der Waals surface area (Å²) in [7, 11) is 0. The van der Waals surface area contributed by atoms with Gasteiger partial charge in [0, 0.05) is 10.6 Å². The number of hydrogen-bond donors (Lipinski definition) is 1. The van der Waals surface area contributed by atoms with Gasteiger partial charge in [-0.05, 0) is 31.4 Å². The van der Waals surface area contributed by atoms with E-state index in [1.165, 1.54) is 6.07 Å². The Morgan fingerprint density at radius 1 is 1.40 bits per heavy atom. The third-order valence-corrected chi connectivity index (χ3v) is 2.95. The smallest absolute Gasteiger partial charge is 0.131 e. The second kappa shape index (κ2) is 3.95. The van der Waals surface area contributed by atoms with E-state index in [2.05, 4.69) is 0 Å². The van der Waals surface area contributed by atoms with Gasteiger partial charge >= 0.3 is 0 Å². The molecule has 2 rings (SSSR count). The molecule has 1 N–H and O–H groups in total. The highest BCUT2D eigenvalue weighted by atomic mass is 35.5. The van der Waals surface area contributed by atoms with Gasteiger partial charge in [0.2, 0.25) is 0 Å². The van der Waals surface area contributed by atoms with Crippen LogP contribution in [-0.2, 0) is 5.60 Å². The minimum atomic E-state index is -1.16. The highest BCUT2D eigenvalue weighted by Gasteiger charge is 2.30. The quantitative estimate of drug-likeness (QED) is 0.728. The van der Waals surface area contributed by atoms with Crippen molar-refractivity contribution in [3.8, 4) is 0 Å². The summed E-state index contributed by atoms with van der Waals surface area (Å²) in [5, 5.41) is 10.6. The average molecular weight is 227 g/mol. The number of hydrogen-bond acceptors (Lipinski definition) is 1. The van der Waals surface area contributed by atoms with Gasteiger partial charge in [0.05, 0.1) is 0 Å². The predicted octanol–water partition coefficient (Wildman–Crippen LogP) is 3.41. The van der Waals surface area contributed by atoms with E-state index in [1.807, 2.05) is 6.08 Å². The lowest BCUT2D eigenvalue weighted by molar-refractivity contribution is 0.0688. The van der Waals surface area contributed by atoms with Crippen LogP contribution in [-0.4, -0.2) is 5.11 Å². The lowest BCUT2D eigenvalue weighted by atomic mass is 9.84. The van der Waals surface area contributed by atoms with Crippen LogP contribution in [0.5, 0.6) is 0 Å². The molecule has 3 heteroatoms. The van der Waals surface area contributed by atoms with Crippen molar-refractivity contribution in [2.45, 2.75) is 24.9 Å². The molecule has 15 heavy (non-hydrogen) atoms. The molecule has 1 nitrogen and oxygen atoms in total. The molecule has 80 valence electrons. The second-order valence-corrected chi connectivity index (χ2v) is 4.28. The van der Waals surface area contributed by atoms with Crippen LogP contribution in [0.25, 0.3) is 0 Å². The molecule has 1 aliphatic carbocycles. The van der Waals surface area contributed by atoms with Crippen LogP contribution in [0.4, 0.5) is 4.39 Å². The molecular formula is C12H12ClFO. The van der Waals surface area contributed by atoms with Gasteiger partial charge in [-0.2, -0.15) is 0 Å². The standard InChI is InChI=1S/C12H12ClFO/c13-9-4-5-10(11(14)8-9)12(15)6-2-1-3-7-12/h2,4-6,8,15H,1,3,7H2. The van der Waals surface area contributed by atoms with Crippen molar-refractivity contribution in [2.24, 2.45) is 0 Å². The van der Waals surface area contributed by atoms with E-state index >= 15 is 0 Å². The number of rotatable bonds is 1. The fourth-order valence-corrected chi connectivity index (χ4v) is 2.07. The molecule has 0 saturated heterocycles. The first-order valence-corrected chi connectivity index (χ1v) is 5.35. The van der Waals surface area contributed by atoms with E-state index in [-0.39, 0.29) is 0 Å². The van der Waals surface area contributed by atoms with E-state index in [9.17, 15) is 9.50 Å². The first kappa shape index (κ1) is 10.7. The van der Waals surface area contributed by atoms with Gasteiger partial charge in [-0.3, -0.25) is 0 Å². The average Bonchev–Trinajstić information content (AvgIpc) is 2.18. The van der Waals surface area contributed by atoms with Crippen LogP contribution >= 0.6 is 11.6 Å². The third-order valence-electron chi connectivity index (χ3n) is 2.72. The maximum absolute atomic E-state index is 13.6. The molecule has 0 saturated carbocycles. The molecule has 0 bridgehead atoms. The van der Waals surface area contributed by atoms with Gasteiger partial charge in [0.1, 0.15) is 11.4 Å². The summed E-state index contributed by atoms with van der Waals surface area (Å²) in [6.45, 7) is 0. The summed E-state index contributed by atoms with van der Waals surface area (Å²) in [6.07, 6.45) is 5.93. The fourth-order valence-electron chi connectivity index (χ4n) is 1.92. The Kier molecular flexibility index (Phi) is 2.81. The van der Waals surface area contributed by atoms with Crippen LogP contribution in [0.2, 0.25) is 5.02 Å². The van der Waals surface area contributed by atoms with Crippen LogP contribution in [0, 0.1) is 5.82 Å². The van der Waals surface area contributed by atoms with Crippen molar-refractivity contribution in [3.63, 3.8) is 0 Å². The number of halogens is 2. The van der Waals surface area contributed by atoms with Crippen molar-refractivity contribution in [1.82, 2.24) is 0 Å². The number of benzene rings is 1. The minimum absolute atomic E-state index is 0.308. The Hall–Kier alpha value is -0.860. The van der Waals surface area contributed by atoms with Crippen molar-refractivity contribution in [3.05, 3.63) is 46.8 Å². The van der Waals surface area contributed by atoms with Crippen molar-refractivity contribution in [1.29, 1.82) is 0 Å². The summed E-state index contributed by atoms with van der Waals surface area (Å²) in [4.78, 5) is 0. The van der Waals surface area contributed by atoms with Crippen molar-refractivity contribution >= 4 is 11.6 Å². The molecule has 0 heterocycles. The monoisotopic (exact) mass is 226 g/mol. The Morgan fingerprint density at radius 2 is 2.20 bits per heavy atom. The highest BCUT2D eigenvalue weighted by Crippen LogP contribution is 2.34. The van der Waals surface area contributed by atoms with Crippen LogP contribution in [0.15, 0.2) is 30.4 Å². The first-order chi connectivity index (χ1) is 7.12. The molecule has 0 aliphatic heterocycles. The van der Waals surface area contributed by atoms with Gasteiger partial charge in [-0.15, -0.1) is 0 Å². The van der Waals surface area contributed by atoms with E-state index in [0.29, 0.717) is 17.0 Å². The summed E-state index contributed by atoms with van der Waals surface area (Å²) in [5.74, 6) is -0.448. The van der Waals surface area contributed by atoms with E-state index in [1.54, 1.807) is 18.2 Å². The molecule has 0 radical (unpaired) electrons. The zero-order valence-electron chi connectivity index (χ0n) is 8.21. The van der Waals surface area contributed by atoms with Crippen molar-refractivity contribution in [2.75, 3.05) is 0 Å². The van der Waals surface area contributed by atoms with E-state index < -0.39 is 11.4 Å². The van der Waals surface area contributed by atoms with Crippen molar-refractivity contribution < 1.29 is 9.50 Å². The molecule has 1 aliphatic rings. The lowest BCUT2D eigenvalue weighted by Crippen LogP contribution is -2.26. The predicted molar refractivity (Wildman–Crippen MR) is 58.3 cm³/mol. The molecule has 1 aromatic rings. The fraction of sp³-hybridized carbons (Fsp3) is 0.333. The van der Waals surface area contributed by atoms with Gasteiger partial charge in [-0.25, -0.2) is 4.39 Å². The maximum atomic E-state index is 13.6. The highest BCUT2D eigenvalue weighted by molar-refractivity contribution is 6.30. The topological polar surface area (TPSA) is 20.2 Å². The van der Waals surface area contributed by atoms with Gasteiger partial charge in [0.25, 0.3) is 0 Å². The Morgan fingerprint density at radius 3 is 2.80 bits per heavy atom. The Bertz CT molecular complexity index is 403. The summed E-state index contributed by atoms with van der Waals surface area (Å²) < 4.78 is 13.6. The third kappa shape index (κ3) is 2.06. The Labute approximate surface area is 93.2 Å². The lowest BCUT2D eigenvalue weighted by Gasteiger charge is -2.28. The molecular weight excluding hydrogens is 215 g/mol. The van der Waals surface area contributed by atoms with Gasteiger partial charge < -0.3 is 5.11 Å². The van der Waals surface area contributed by atoms with Gasteiger partial charge in [-0.1, -0.05) is 29.8 Å². The molecule has 0 fully saturated rings. The van der Waals surface area contributed by atoms with Gasteiger partial charge in [0.15, 0.2) is 0 Å². The van der Waals surface area contributed by atoms with Crippen LogP contribution in [0.1, 0.15) is 24.8 Å². The van der Waals surface area contributed by atoms with E-state index in [4.69, 9.17) is 11.6 Å². The maximum Gasteiger partial charge on any atom is 0.131 e. The Balaban J connectivity index is 2.44. The zero-order chi connectivity index (χ0) is 10.9. The summed E-state index contributed by atoms with van der Waals surface area (Å²) >= 11 is 5.66. The van der Waals surface area contributed by atoms with Crippen LogP contribution in [0.3, 0.4) is 0 Å². The largest absolute Gasteiger partial charge is 0.381 e. The molecule has 0 amide bonds. The normalized spacial score (nSPS) is 25.5. The SMILES string of the molecule is OC1(c2ccc(Cl)cc2F)C=CCCC1. The zero-order valence-corrected chi connectivity index (χ0v) is 8.97. The molecule has 1 atom stereocenters. The summed E-state index contributed by atoms with van der Waals surface area (Å²) in [6, 6.07) is 4.38. The van der Waals surface area contributed by atoms with E-state index in [0.717, 1.165) is 12.8 Å². The minimum Gasteiger partial charge on any atom is -0.381 e. The number of aliphatic hydroxyl groups is 1. The number of allylic oxidation sites excluding steroid dienone is 1. The molecule has 1 aromatic carbocycles. The molecule has 0 aromatic heterocycles. The summed E-state index contributed by atoms with van der Waals surface area (Å²) in [5.41, 5.74) is -0.852. The molecule has 0 spiro atoms.